The van der Waals surface area contributed by atoms with Gasteiger partial charge in [-0.05, 0) is 43.7 Å². The van der Waals surface area contributed by atoms with Gasteiger partial charge in [0, 0.05) is 5.69 Å². The number of methoxy groups -OCH3 is 1. The summed E-state index contributed by atoms with van der Waals surface area (Å²) in [5.74, 6) is 1.00. The summed E-state index contributed by atoms with van der Waals surface area (Å²) in [5.41, 5.74) is 1.08. The van der Waals surface area contributed by atoms with E-state index in [4.69, 9.17) is 9.15 Å². The van der Waals surface area contributed by atoms with Gasteiger partial charge < -0.3 is 14.1 Å². The lowest BCUT2D eigenvalue weighted by Gasteiger charge is -2.28. The Morgan fingerprint density at radius 3 is 2.46 bits per heavy atom. The number of aryl methyl sites for hydroxylation is 1. The van der Waals surface area contributed by atoms with Gasteiger partial charge in [-0.1, -0.05) is 0 Å². The maximum absolute atomic E-state index is 13.0. The molecule has 128 valence electrons. The third kappa shape index (κ3) is 3.17. The first-order valence-electron chi connectivity index (χ1n) is 7.63. The van der Waals surface area contributed by atoms with Crippen molar-refractivity contribution in [3.63, 3.8) is 0 Å². The fourth-order valence-corrected chi connectivity index (χ4v) is 4.65. The van der Waals surface area contributed by atoms with Crippen LogP contribution < -0.4 is 9.64 Å². The molecule has 1 unspecified atom stereocenters. The Hall–Kier alpha value is -2.28. The Balaban J connectivity index is 2.00. The molecular formula is C17H19NO5S. The fourth-order valence-electron chi connectivity index (χ4n) is 2.95. The van der Waals surface area contributed by atoms with Crippen LogP contribution in [0.2, 0.25) is 0 Å². The number of sulfone groups is 1. The monoisotopic (exact) mass is 349 g/mol. The topological polar surface area (TPSA) is 76.8 Å². The molecule has 1 aromatic heterocycles. The molecule has 1 saturated heterocycles. The Bertz CT molecular complexity index is 838. The van der Waals surface area contributed by atoms with Crippen molar-refractivity contribution < 1.29 is 22.4 Å². The number of anilines is 1. The first-order valence-corrected chi connectivity index (χ1v) is 9.45. The highest BCUT2D eigenvalue weighted by molar-refractivity contribution is 7.91. The zero-order valence-electron chi connectivity index (χ0n) is 13.6. The number of benzene rings is 1. The smallest absolute Gasteiger partial charge is 0.262 e. The van der Waals surface area contributed by atoms with Gasteiger partial charge in [0.1, 0.15) is 11.5 Å². The number of nitrogens with zero attached hydrogens (tertiary/aromatic N) is 1. The van der Waals surface area contributed by atoms with E-state index in [1.165, 1.54) is 6.26 Å². The number of rotatable bonds is 4. The molecule has 0 bridgehead atoms. The molecular weight excluding hydrogens is 330 g/mol. The average Bonchev–Trinajstić information content (AvgIpc) is 3.13. The van der Waals surface area contributed by atoms with Crippen molar-refractivity contribution in [3.05, 3.63) is 47.9 Å². The van der Waals surface area contributed by atoms with E-state index in [1.807, 2.05) is 0 Å². The Morgan fingerprint density at radius 2 is 1.96 bits per heavy atom. The van der Waals surface area contributed by atoms with Crippen LogP contribution >= 0.6 is 0 Å². The quantitative estimate of drug-likeness (QED) is 0.847. The van der Waals surface area contributed by atoms with Gasteiger partial charge in [0.15, 0.2) is 9.84 Å². The van der Waals surface area contributed by atoms with Crippen LogP contribution in [0.25, 0.3) is 0 Å². The molecule has 1 amide bonds. The van der Waals surface area contributed by atoms with Crippen LogP contribution in [0.3, 0.4) is 0 Å². The SMILES string of the molecule is COc1ccc(N(C(=O)c2ccoc2C)C2CCS(=O)(=O)C2)cc1. The number of furan rings is 1. The van der Waals surface area contributed by atoms with Gasteiger partial charge >= 0.3 is 0 Å². The predicted octanol–water partition coefficient (Wildman–Crippen LogP) is 2.43. The van der Waals surface area contributed by atoms with E-state index in [1.54, 1.807) is 49.3 Å². The van der Waals surface area contributed by atoms with Crippen LogP contribution in [0.4, 0.5) is 5.69 Å². The van der Waals surface area contributed by atoms with Gasteiger partial charge in [-0.3, -0.25) is 4.79 Å². The fraction of sp³-hybridized carbons (Fsp3) is 0.353. The van der Waals surface area contributed by atoms with Gasteiger partial charge in [0.05, 0.1) is 36.5 Å². The summed E-state index contributed by atoms with van der Waals surface area (Å²) in [7, 11) is -1.55. The highest BCUT2D eigenvalue weighted by Crippen LogP contribution is 2.29. The zero-order valence-corrected chi connectivity index (χ0v) is 14.4. The van der Waals surface area contributed by atoms with E-state index in [2.05, 4.69) is 0 Å². The summed E-state index contributed by atoms with van der Waals surface area (Å²) in [6, 6.07) is 8.25. The van der Waals surface area contributed by atoms with Crippen LogP contribution in [0, 0.1) is 6.92 Å². The molecule has 1 aliphatic heterocycles. The van der Waals surface area contributed by atoms with E-state index < -0.39 is 9.84 Å². The van der Waals surface area contributed by atoms with Crippen LogP contribution in [-0.4, -0.2) is 39.0 Å². The Morgan fingerprint density at radius 1 is 1.25 bits per heavy atom. The summed E-state index contributed by atoms with van der Waals surface area (Å²) in [6.45, 7) is 1.71. The molecule has 6 nitrogen and oxygen atoms in total. The van der Waals surface area contributed by atoms with E-state index in [-0.39, 0.29) is 23.5 Å². The number of ether oxygens (including phenoxy) is 1. The molecule has 0 saturated carbocycles. The van der Waals surface area contributed by atoms with Crippen LogP contribution in [0.15, 0.2) is 41.0 Å². The van der Waals surface area contributed by atoms with E-state index in [0.29, 0.717) is 29.2 Å². The van der Waals surface area contributed by atoms with E-state index >= 15 is 0 Å². The van der Waals surface area contributed by atoms with Crippen molar-refractivity contribution in [1.29, 1.82) is 0 Å². The van der Waals surface area contributed by atoms with Gasteiger partial charge in [-0.15, -0.1) is 0 Å². The molecule has 1 fully saturated rings. The van der Waals surface area contributed by atoms with Gasteiger partial charge in [0.25, 0.3) is 5.91 Å². The maximum atomic E-state index is 13.0. The summed E-state index contributed by atoms with van der Waals surface area (Å²) in [5, 5.41) is 0. The number of carbonyl (C=O) groups excluding carboxylic acids is 1. The minimum atomic E-state index is -3.12. The van der Waals surface area contributed by atoms with Crippen molar-refractivity contribution in [2.75, 3.05) is 23.5 Å². The maximum Gasteiger partial charge on any atom is 0.262 e. The summed E-state index contributed by atoms with van der Waals surface area (Å²) in [4.78, 5) is 14.6. The van der Waals surface area contributed by atoms with E-state index in [9.17, 15) is 13.2 Å². The molecule has 0 N–H and O–H groups in total. The highest BCUT2D eigenvalue weighted by Gasteiger charge is 2.36. The van der Waals surface area contributed by atoms with E-state index in [0.717, 1.165) is 0 Å². The normalized spacial score (nSPS) is 19.2. The van der Waals surface area contributed by atoms with Gasteiger partial charge in [-0.2, -0.15) is 0 Å². The van der Waals surface area contributed by atoms with Crippen molar-refractivity contribution in [1.82, 2.24) is 0 Å². The van der Waals surface area contributed by atoms with Crippen LogP contribution in [0.1, 0.15) is 22.5 Å². The summed E-state index contributed by atoms with van der Waals surface area (Å²) >= 11 is 0. The second-order valence-corrected chi connectivity index (χ2v) is 8.05. The van der Waals surface area contributed by atoms with Gasteiger partial charge in [-0.25, -0.2) is 8.42 Å². The lowest BCUT2D eigenvalue weighted by molar-refractivity contribution is 0.0977. The Labute approximate surface area is 140 Å². The number of amides is 1. The third-order valence-corrected chi connectivity index (χ3v) is 5.98. The zero-order chi connectivity index (χ0) is 17.3. The van der Waals surface area contributed by atoms with Crippen molar-refractivity contribution in [2.24, 2.45) is 0 Å². The van der Waals surface area contributed by atoms with Crippen LogP contribution in [0.5, 0.6) is 5.75 Å². The molecule has 2 aromatic rings. The highest BCUT2D eigenvalue weighted by atomic mass is 32.2. The molecule has 1 aliphatic rings. The number of hydrogen-bond donors (Lipinski definition) is 0. The van der Waals surface area contributed by atoms with Crippen molar-refractivity contribution in [3.8, 4) is 5.75 Å². The second-order valence-electron chi connectivity index (χ2n) is 5.82. The van der Waals surface area contributed by atoms with Crippen LogP contribution in [-0.2, 0) is 9.84 Å². The molecule has 3 rings (SSSR count). The molecule has 7 heteroatoms. The predicted molar refractivity (Wildman–Crippen MR) is 90.3 cm³/mol. The van der Waals surface area contributed by atoms with Crippen molar-refractivity contribution >= 4 is 21.4 Å². The lowest BCUT2D eigenvalue weighted by atomic mass is 10.1. The Kier molecular flexibility index (Phi) is 4.36. The summed E-state index contributed by atoms with van der Waals surface area (Å²) < 4.78 is 34.1. The van der Waals surface area contributed by atoms with Gasteiger partial charge in [0.2, 0.25) is 0 Å². The van der Waals surface area contributed by atoms with Crippen molar-refractivity contribution in [2.45, 2.75) is 19.4 Å². The molecule has 24 heavy (non-hydrogen) atoms. The lowest BCUT2D eigenvalue weighted by Crippen LogP contribution is -2.41. The second kappa shape index (κ2) is 6.32. The first-order chi connectivity index (χ1) is 11.4. The molecule has 1 atom stereocenters. The molecule has 2 heterocycles. The molecule has 1 aromatic carbocycles. The third-order valence-electron chi connectivity index (χ3n) is 4.23. The number of hydrogen-bond acceptors (Lipinski definition) is 5. The minimum absolute atomic E-state index is 0.0261. The average molecular weight is 349 g/mol. The number of carbonyl (C=O) groups is 1. The minimum Gasteiger partial charge on any atom is -0.497 e. The largest absolute Gasteiger partial charge is 0.497 e. The standard InChI is InChI=1S/C17H19NO5S/c1-12-16(7-9-23-12)17(19)18(14-8-10-24(20,21)11-14)13-3-5-15(22-2)6-4-13/h3-7,9,14H,8,10-11H2,1-2H3. The molecule has 0 radical (unpaired) electrons. The summed E-state index contributed by atoms with van der Waals surface area (Å²) in [6.07, 6.45) is 1.89. The first kappa shape index (κ1) is 16.6. The molecule has 0 aliphatic carbocycles. The molecule has 0 spiro atoms.